The van der Waals surface area contributed by atoms with Crippen molar-refractivity contribution in [1.82, 2.24) is 14.8 Å². The lowest BCUT2D eigenvalue weighted by molar-refractivity contribution is 0.445. The first-order valence-corrected chi connectivity index (χ1v) is 9.90. The molecular formula is C23H25N3O4. The molecule has 0 amide bonds. The maximum absolute atomic E-state index is 12.8. The summed E-state index contributed by atoms with van der Waals surface area (Å²) in [6.07, 6.45) is 1.88. The van der Waals surface area contributed by atoms with Crippen LogP contribution in [0.3, 0.4) is 0 Å². The van der Waals surface area contributed by atoms with Crippen LogP contribution < -0.4 is 5.56 Å². The summed E-state index contributed by atoms with van der Waals surface area (Å²) in [7, 11) is 0. The third-order valence-electron chi connectivity index (χ3n) is 5.50. The zero-order valence-corrected chi connectivity index (χ0v) is 17.3. The molecule has 0 spiro atoms. The number of nitrogens with one attached hydrogen (secondary N) is 2. The Morgan fingerprint density at radius 2 is 1.60 bits per heavy atom. The Morgan fingerprint density at radius 1 is 0.867 bits per heavy atom. The molecule has 0 fully saturated rings. The summed E-state index contributed by atoms with van der Waals surface area (Å²) in [5.41, 5.74) is 2.80. The number of aromatic nitrogens is 3. The minimum Gasteiger partial charge on any atom is -0.508 e. The van der Waals surface area contributed by atoms with Crippen molar-refractivity contribution in [3.63, 3.8) is 0 Å². The van der Waals surface area contributed by atoms with Crippen LogP contribution in [0, 0.1) is 0 Å². The molecule has 5 N–H and O–H groups in total. The summed E-state index contributed by atoms with van der Waals surface area (Å²) in [5.74, 6) is 0.0318. The first kappa shape index (κ1) is 19.7. The van der Waals surface area contributed by atoms with E-state index in [0.29, 0.717) is 33.5 Å². The molecule has 7 heteroatoms. The van der Waals surface area contributed by atoms with E-state index in [2.05, 4.69) is 10.2 Å². The van der Waals surface area contributed by atoms with Gasteiger partial charge in [0.2, 0.25) is 0 Å². The number of aromatic hydroxyl groups is 3. The van der Waals surface area contributed by atoms with Gasteiger partial charge in [-0.2, -0.15) is 0 Å². The summed E-state index contributed by atoms with van der Waals surface area (Å²) in [4.78, 5) is 12.8. The average molecular weight is 407 g/mol. The lowest BCUT2D eigenvalue weighted by Gasteiger charge is -2.14. The second-order valence-corrected chi connectivity index (χ2v) is 8.12. The lowest BCUT2D eigenvalue weighted by Crippen LogP contribution is -2.03. The zero-order chi connectivity index (χ0) is 21.7. The monoisotopic (exact) mass is 407 g/mol. The van der Waals surface area contributed by atoms with E-state index >= 15 is 0 Å². The van der Waals surface area contributed by atoms with E-state index in [1.165, 1.54) is 6.07 Å². The average Bonchev–Trinajstić information content (AvgIpc) is 3.27. The Balaban J connectivity index is 2.02. The van der Waals surface area contributed by atoms with Gasteiger partial charge in [-0.1, -0.05) is 13.8 Å². The summed E-state index contributed by atoms with van der Waals surface area (Å²) in [6.45, 7) is 7.91. The van der Waals surface area contributed by atoms with Crippen LogP contribution in [0.25, 0.3) is 33.3 Å². The van der Waals surface area contributed by atoms with E-state index in [9.17, 15) is 20.1 Å². The van der Waals surface area contributed by atoms with Gasteiger partial charge in [0, 0.05) is 29.3 Å². The molecule has 0 aliphatic heterocycles. The van der Waals surface area contributed by atoms with E-state index in [-0.39, 0.29) is 34.8 Å². The SMILES string of the molecule is CC(C)c1cc(-c2[nH][nH]c(=O)c2-c2ccc(O)c3c2ccn3C(C)C)c(O)cc1O. The van der Waals surface area contributed by atoms with Gasteiger partial charge in [0.1, 0.15) is 17.2 Å². The van der Waals surface area contributed by atoms with Gasteiger partial charge in [-0.3, -0.25) is 15.0 Å². The molecule has 4 rings (SSSR count). The van der Waals surface area contributed by atoms with E-state index in [1.54, 1.807) is 18.2 Å². The molecule has 2 heterocycles. The first-order chi connectivity index (χ1) is 14.2. The predicted octanol–water partition coefficient (Wildman–Crippen LogP) is 4.81. The summed E-state index contributed by atoms with van der Waals surface area (Å²) in [6, 6.07) is 8.25. The van der Waals surface area contributed by atoms with Crippen LogP contribution in [0.1, 0.15) is 45.2 Å². The molecule has 2 aromatic heterocycles. The van der Waals surface area contributed by atoms with E-state index in [1.807, 2.05) is 44.5 Å². The van der Waals surface area contributed by atoms with Crippen molar-refractivity contribution in [1.29, 1.82) is 0 Å². The number of phenols is 3. The van der Waals surface area contributed by atoms with Crippen molar-refractivity contribution in [3.8, 4) is 39.6 Å². The summed E-state index contributed by atoms with van der Waals surface area (Å²) in [5, 5.41) is 37.4. The maximum atomic E-state index is 12.8. The van der Waals surface area contributed by atoms with E-state index < -0.39 is 0 Å². The number of hydrogen-bond acceptors (Lipinski definition) is 4. The molecule has 0 unspecified atom stereocenters. The van der Waals surface area contributed by atoms with Gasteiger partial charge in [-0.15, -0.1) is 0 Å². The number of nitrogens with zero attached hydrogens (tertiary/aromatic N) is 1. The van der Waals surface area contributed by atoms with Gasteiger partial charge in [0.05, 0.1) is 16.8 Å². The molecule has 0 aliphatic carbocycles. The van der Waals surface area contributed by atoms with Crippen molar-refractivity contribution in [3.05, 3.63) is 52.4 Å². The minimum absolute atomic E-state index is 0.00622. The number of phenolic OH excluding ortho intramolecular Hbond substituents is 3. The molecule has 7 nitrogen and oxygen atoms in total. The fourth-order valence-corrected chi connectivity index (χ4v) is 3.99. The van der Waals surface area contributed by atoms with Crippen molar-refractivity contribution >= 4 is 10.9 Å². The van der Waals surface area contributed by atoms with Gasteiger partial charge < -0.3 is 19.9 Å². The summed E-state index contributed by atoms with van der Waals surface area (Å²) >= 11 is 0. The number of rotatable bonds is 4. The highest BCUT2D eigenvalue weighted by Crippen LogP contribution is 2.42. The zero-order valence-electron chi connectivity index (χ0n) is 17.3. The molecule has 0 radical (unpaired) electrons. The number of hydrogen-bond donors (Lipinski definition) is 5. The Bertz CT molecular complexity index is 1310. The van der Waals surface area contributed by atoms with Crippen molar-refractivity contribution < 1.29 is 15.3 Å². The van der Waals surface area contributed by atoms with Gasteiger partial charge in [-0.05, 0) is 55.2 Å². The maximum Gasteiger partial charge on any atom is 0.272 e. The van der Waals surface area contributed by atoms with Crippen LogP contribution in [-0.4, -0.2) is 30.1 Å². The third-order valence-corrected chi connectivity index (χ3v) is 5.50. The molecule has 30 heavy (non-hydrogen) atoms. The van der Waals surface area contributed by atoms with Crippen molar-refractivity contribution in [2.45, 2.75) is 39.7 Å². The second kappa shape index (κ2) is 7.02. The molecule has 0 saturated carbocycles. The molecule has 0 atom stereocenters. The fourth-order valence-electron chi connectivity index (χ4n) is 3.99. The highest BCUT2D eigenvalue weighted by atomic mass is 16.3. The first-order valence-electron chi connectivity index (χ1n) is 9.90. The number of fused-ring (bicyclic) bond motifs is 1. The second-order valence-electron chi connectivity index (χ2n) is 8.12. The molecule has 0 saturated heterocycles. The number of H-pyrrole nitrogens is 2. The van der Waals surface area contributed by atoms with Crippen LogP contribution in [-0.2, 0) is 0 Å². The fraction of sp³-hybridized carbons (Fsp3) is 0.261. The van der Waals surface area contributed by atoms with Crippen molar-refractivity contribution in [2.24, 2.45) is 0 Å². The van der Waals surface area contributed by atoms with E-state index in [4.69, 9.17) is 0 Å². The van der Waals surface area contributed by atoms with Crippen LogP contribution in [0.5, 0.6) is 17.2 Å². The molecule has 0 bridgehead atoms. The highest BCUT2D eigenvalue weighted by Gasteiger charge is 2.22. The summed E-state index contributed by atoms with van der Waals surface area (Å²) < 4.78 is 1.95. The largest absolute Gasteiger partial charge is 0.508 e. The molecule has 2 aromatic carbocycles. The molecule has 156 valence electrons. The Hall–Kier alpha value is -3.61. The lowest BCUT2D eigenvalue weighted by atomic mass is 9.94. The quantitative estimate of drug-likeness (QED) is 0.334. The molecule has 0 aliphatic rings. The third kappa shape index (κ3) is 2.94. The van der Waals surface area contributed by atoms with Crippen LogP contribution in [0.2, 0.25) is 0 Å². The Kier molecular flexibility index (Phi) is 4.61. The Morgan fingerprint density at radius 3 is 2.27 bits per heavy atom. The van der Waals surface area contributed by atoms with Gasteiger partial charge in [0.15, 0.2) is 0 Å². The van der Waals surface area contributed by atoms with Crippen molar-refractivity contribution in [2.75, 3.05) is 0 Å². The van der Waals surface area contributed by atoms with E-state index in [0.717, 1.165) is 5.39 Å². The number of benzene rings is 2. The van der Waals surface area contributed by atoms with Gasteiger partial charge >= 0.3 is 0 Å². The van der Waals surface area contributed by atoms with Crippen LogP contribution in [0.15, 0.2) is 41.3 Å². The predicted molar refractivity (Wildman–Crippen MR) is 117 cm³/mol. The van der Waals surface area contributed by atoms with Crippen LogP contribution in [0.4, 0.5) is 0 Å². The Labute approximate surface area is 173 Å². The molecule has 4 aromatic rings. The van der Waals surface area contributed by atoms with Gasteiger partial charge in [-0.25, -0.2) is 0 Å². The minimum atomic E-state index is -0.340. The normalized spacial score (nSPS) is 11.8. The topological polar surface area (TPSA) is 114 Å². The highest BCUT2D eigenvalue weighted by molar-refractivity contribution is 6.01. The molecular weight excluding hydrogens is 382 g/mol. The number of aromatic amines is 2. The van der Waals surface area contributed by atoms with Gasteiger partial charge in [0.25, 0.3) is 5.56 Å². The standard InChI is InChI=1S/C23H25N3O4/c1-11(2)15-9-16(19(29)10-18(15)28)21-20(23(30)25-24-21)13-5-6-17(27)22-14(13)7-8-26(22)12(3)4/h5-12,27-29H,1-4H3,(H2,24,25,30). The van der Waals surface area contributed by atoms with Crippen LogP contribution >= 0.6 is 0 Å². The smallest absolute Gasteiger partial charge is 0.272 e.